The predicted molar refractivity (Wildman–Crippen MR) is 77.7 cm³/mol. The zero-order chi connectivity index (χ0) is 15.3. The van der Waals surface area contributed by atoms with Gasteiger partial charge in [-0.05, 0) is 55.7 Å². The van der Waals surface area contributed by atoms with Gasteiger partial charge in [-0.3, -0.25) is 0 Å². The summed E-state index contributed by atoms with van der Waals surface area (Å²) in [5.74, 6) is 0. The van der Waals surface area contributed by atoms with Crippen LogP contribution in [0.5, 0.6) is 0 Å². The summed E-state index contributed by atoms with van der Waals surface area (Å²) < 4.78 is 13.2. The van der Waals surface area contributed by atoms with Crippen LogP contribution >= 0.6 is 0 Å². The Morgan fingerprint density at radius 3 is 2.43 bits per heavy atom. The molecule has 1 saturated heterocycles. The highest BCUT2D eigenvalue weighted by Gasteiger charge is 2.51. The number of nitrogens with one attached hydrogen (secondary N) is 1. The van der Waals surface area contributed by atoms with Gasteiger partial charge >= 0.3 is 12.8 Å². The number of rotatable bonds is 2. The van der Waals surface area contributed by atoms with Crippen LogP contribution in [-0.2, 0) is 9.31 Å². The molecule has 3 rings (SSSR count). The van der Waals surface area contributed by atoms with Crippen LogP contribution in [0.3, 0.4) is 0 Å². The molecule has 2 heterocycles. The first-order chi connectivity index (χ1) is 9.80. The van der Waals surface area contributed by atoms with E-state index >= 15 is 0 Å². The zero-order valence-corrected chi connectivity index (χ0v) is 12.5. The smallest absolute Gasteiger partial charge is 0.399 e. The molecule has 1 aliphatic heterocycles. The van der Waals surface area contributed by atoms with Crippen molar-refractivity contribution < 1.29 is 9.31 Å². The molecule has 0 saturated carbocycles. The topological polar surface area (TPSA) is 82.0 Å². The molecule has 2 aromatic rings. The Hall–Kier alpha value is -1.93. The van der Waals surface area contributed by atoms with Gasteiger partial charge in [0.1, 0.15) is 0 Å². The molecule has 0 amide bonds. The van der Waals surface area contributed by atoms with Crippen LogP contribution in [0.2, 0.25) is 0 Å². The zero-order valence-electron chi connectivity index (χ0n) is 12.5. The van der Waals surface area contributed by atoms with E-state index in [2.05, 4.69) is 15.5 Å². The van der Waals surface area contributed by atoms with Gasteiger partial charge in [0.15, 0.2) is 0 Å². The van der Waals surface area contributed by atoms with E-state index in [0.717, 1.165) is 5.46 Å². The van der Waals surface area contributed by atoms with E-state index in [4.69, 9.17) is 9.31 Å². The van der Waals surface area contributed by atoms with Crippen molar-refractivity contribution >= 4 is 12.6 Å². The monoisotopic (exact) mass is 288 g/mol. The highest BCUT2D eigenvalue weighted by atomic mass is 16.7. The average molecular weight is 288 g/mol. The number of hydrogen-bond acceptors (Lipinski definition) is 5. The summed E-state index contributed by atoms with van der Waals surface area (Å²) in [6, 6.07) is 7.32. The summed E-state index contributed by atoms with van der Waals surface area (Å²) in [5.41, 5.74) is 0.250. The molecule has 0 spiro atoms. The molecule has 0 radical (unpaired) electrons. The van der Waals surface area contributed by atoms with Crippen LogP contribution in [0, 0.1) is 0 Å². The van der Waals surface area contributed by atoms with Crippen LogP contribution in [0.4, 0.5) is 0 Å². The second-order valence-corrected chi connectivity index (χ2v) is 6.10. The highest BCUT2D eigenvalue weighted by molar-refractivity contribution is 6.62. The first-order valence-electron chi connectivity index (χ1n) is 6.76. The number of aromatic amines is 1. The van der Waals surface area contributed by atoms with E-state index in [1.165, 1.54) is 4.68 Å². The Labute approximate surface area is 122 Å². The third kappa shape index (κ3) is 2.30. The molecule has 21 heavy (non-hydrogen) atoms. The number of tetrazole rings is 1. The Balaban J connectivity index is 1.95. The lowest BCUT2D eigenvalue weighted by atomic mass is 9.79. The number of hydrogen-bond donors (Lipinski definition) is 1. The number of nitrogens with zero attached hydrogens (tertiary/aromatic N) is 3. The molecule has 1 aromatic heterocycles. The quantitative estimate of drug-likeness (QED) is 0.801. The number of benzene rings is 1. The third-order valence-electron chi connectivity index (χ3n) is 4.11. The van der Waals surface area contributed by atoms with Gasteiger partial charge in [-0.25, -0.2) is 9.89 Å². The minimum Gasteiger partial charge on any atom is -0.399 e. The maximum atomic E-state index is 11.6. The van der Waals surface area contributed by atoms with Crippen molar-refractivity contribution in [3.8, 4) is 5.69 Å². The lowest BCUT2D eigenvalue weighted by Gasteiger charge is -2.32. The Morgan fingerprint density at radius 1 is 1.19 bits per heavy atom. The van der Waals surface area contributed by atoms with Crippen molar-refractivity contribution in [1.29, 1.82) is 0 Å². The maximum absolute atomic E-state index is 11.6. The largest absolute Gasteiger partial charge is 0.494 e. The minimum absolute atomic E-state index is 0.388. The van der Waals surface area contributed by atoms with Crippen molar-refractivity contribution in [2.24, 2.45) is 0 Å². The number of H-pyrrole nitrogens is 1. The molecule has 8 heteroatoms. The van der Waals surface area contributed by atoms with E-state index in [1.54, 1.807) is 6.07 Å². The fourth-order valence-corrected chi connectivity index (χ4v) is 2.15. The van der Waals surface area contributed by atoms with Crippen molar-refractivity contribution in [3.63, 3.8) is 0 Å². The molecule has 1 fully saturated rings. The molecule has 7 nitrogen and oxygen atoms in total. The summed E-state index contributed by atoms with van der Waals surface area (Å²) in [4.78, 5) is 11.6. The molecule has 0 aliphatic carbocycles. The van der Waals surface area contributed by atoms with E-state index < -0.39 is 18.3 Å². The minimum atomic E-state index is -0.474. The highest BCUT2D eigenvalue weighted by Crippen LogP contribution is 2.36. The summed E-state index contributed by atoms with van der Waals surface area (Å²) in [6.45, 7) is 8.00. The van der Waals surface area contributed by atoms with Gasteiger partial charge in [-0.15, -0.1) is 0 Å². The molecule has 1 aromatic carbocycles. The van der Waals surface area contributed by atoms with Crippen LogP contribution in [0.1, 0.15) is 27.7 Å². The fourth-order valence-electron chi connectivity index (χ4n) is 2.15. The molecular formula is C13H17BN4O3. The van der Waals surface area contributed by atoms with Crippen molar-refractivity contribution in [1.82, 2.24) is 20.2 Å². The van der Waals surface area contributed by atoms with E-state index in [0.29, 0.717) is 5.69 Å². The lowest BCUT2D eigenvalue weighted by Crippen LogP contribution is -2.41. The number of aromatic nitrogens is 4. The first-order valence-corrected chi connectivity index (χ1v) is 6.76. The summed E-state index contributed by atoms with van der Waals surface area (Å²) in [6.07, 6.45) is 0. The van der Waals surface area contributed by atoms with Crippen LogP contribution in [0.15, 0.2) is 29.1 Å². The molecule has 1 N–H and O–H groups in total. The van der Waals surface area contributed by atoms with Gasteiger partial charge in [-0.1, -0.05) is 12.1 Å². The fraction of sp³-hybridized carbons (Fsp3) is 0.462. The summed E-state index contributed by atoms with van der Waals surface area (Å²) >= 11 is 0. The molecule has 0 bridgehead atoms. The first kappa shape index (κ1) is 14.0. The SMILES string of the molecule is CC1(C)OB(c2cccc(-n3nn[nH]c3=O)c2)OC1(C)C. The average Bonchev–Trinajstić information content (AvgIpc) is 2.92. The maximum Gasteiger partial charge on any atom is 0.494 e. The second-order valence-electron chi connectivity index (χ2n) is 6.10. The molecular weight excluding hydrogens is 271 g/mol. The van der Waals surface area contributed by atoms with Crippen molar-refractivity contribution in [2.75, 3.05) is 0 Å². The Morgan fingerprint density at radius 2 is 1.86 bits per heavy atom. The third-order valence-corrected chi connectivity index (χ3v) is 4.11. The second kappa shape index (κ2) is 4.54. The lowest BCUT2D eigenvalue weighted by molar-refractivity contribution is 0.00578. The molecule has 0 unspecified atom stereocenters. The van der Waals surface area contributed by atoms with Crippen LogP contribution < -0.4 is 11.2 Å². The Kier molecular flexibility index (Phi) is 3.03. The van der Waals surface area contributed by atoms with Gasteiger partial charge in [0.2, 0.25) is 0 Å². The van der Waals surface area contributed by atoms with Crippen LogP contribution in [-0.4, -0.2) is 38.5 Å². The van der Waals surface area contributed by atoms with E-state index in [9.17, 15) is 4.79 Å². The normalized spacial score (nSPS) is 19.9. The molecule has 0 atom stereocenters. The van der Waals surface area contributed by atoms with E-state index in [1.807, 2.05) is 45.9 Å². The Bertz CT molecular complexity index is 706. The van der Waals surface area contributed by atoms with Crippen molar-refractivity contribution in [3.05, 3.63) is 34.7 Å². The van der Waals surface area contributed by atoms with E-state index in [-0.39, 0.29) is 5.69 Å². The van der Waals surface area contributed by atoms with Crippen molar-refractivity contribution in [2.45, 2.75) is 38.9 Å². The predicted octanol–water partition coefficient (Wildman–Crippen LogP) is 0.255. The summed E-state index contributed by atoms with van der Waals surface area (Å²) in [7, 11) is -0.474. The van der Waals surface area contributed by atoms with Gasteiger partial charge < -0.3 is 9.31 Å². The molecule has 1 aliphatic rings. The van der Waals surface area contributed by atoms with Gasteiger partial charge in [-0.2, -0.15) is 4.68 Å². The summed E-state index contributed by atoms with van der Waals surface area (Å²) in [5, 5.41) is 9.48. The van der Waals surface area contributed by atoms with Gasteiger partial charge in [0, 0.05) is 0 Å². The van der Waals surface area contributed by atoms with Crippen LogP contribution in [0.25, 0.3) is 5.69 Å². The van der Waals surface area contributed by atoms with Gasteiger partial charge in [0.05, 0.1) is 16.9 Å². The molecule has 110 valence electrons. The standard InChI is InChI=1S/C13H17BN4O3/c1-12(2)13(3,4)21-14(20-12)9-6-5-7-10(8-9)18-11(19)15-16-17-18/h5-8H,1-4H3,(H,15,17,19). The van der Waals surface area contributed by atoms with Gasteiger partial charge in [0.25, 0.3) is 0 Å².